The SMILES string of the molecule is O=C(O)c1ccc(O)cc1.[N-]=[N+](c1ccccc1N)c1ccccc1N. The monoisotopic (exact) mass is 350 g/mol. The number of para-hydroxylation sites is 4. The zero-order chi connectivity index (χ0) is 19.1. The molecule has 132 valence electrons. The molecule has 3 aromatic carbocycles. The fraction of sp³-hybridized carbons (Fsp3) is 0. The molecule has 0 aliphatic carbocycles. The standard InChI is InChI=1S/C12H12N4.C7H6O3/c13-9-5-1-3-7-11(9)16(15)12-8-4-2-6-10(12)14;8-6-3-1-5(2-4-6)7(9)10/h1-8H,13-14H2;1-4,8H,(H,9,10). The second kappa shape index (κ2) is 8.29. The van der Waals surface area contributed by atoms with Crippen LogP contribution in [0.2, 0.25) is 0 Å². The van der Waals surface area contributed by atoms with Crippen molar-refractivity contribution in [1.29, 1.82) is 0 Å². The number of carboxylic acid groups (broad SMARTS) is 1. The normalized spacial score (nSPS) is 9.69. The van der Waals surface area contributed by atoms with Gasteiger partial charge >= 0.3 is 5.97 Å². The van der Waals surface area contributed by atoms with E-state index in [0.29, 0.717) is 22.7 Å². The second-order valence-electron chi connectivity index (χ2n) is 5.28. The maximum absolute atomic E-state index is 10.2. The summed E-state index contributed by atoms with van der Waals surface area (Å²) in [4.78, 5) is 10.2. The van der Waals surface area contributed by atoms with E-state index < -0.39 is 5.97 Å². The number of nitrogens with two attached hydrogens (primary N) is 2. The molecule has 7 heteroatoms. The van der Waals surface area contributed by atoms with Gasteiger partial charge < -0.3 is 27.2 Å². The molecule has 0 unspecified atom stereocenters. The molecule has 26 heavy (non-hydrogen) atoms. The lowest BCUT2D eigenvalue weighted by atomic mass is 10.2. The average molecular weight is 350 g/mol. The molecule has 0 atom stereocenters. The van der Waals surface area contributed by atoms with Crippen LogP contribution in [0.25, 0.3) is 5.53 Å². The summed E-state index contributed by atoms with van der Waals surface area (Å²) in [5.41, 5.74) is 23.8. The molecule has 0 amide bonds. The van der Waals surface area contributed by atoms with E-state index in [4.69, 9.17) is 21.7 Å². The number of benzene rings is 3. The fourth-order valence-electron chi connectivity index (χ4n) is 2.09. The number of hydrogen-bond donors (Lipinski definition) is 4. The molecular weight excluding hydrogens is 332 g/mol. The van der Waals surface area contributed by atoms with Crippen molar-refractivity contribution in [2.45, 2.75) is 0 Å². The van der Waals surface area contributed by atoms with Crippen LogP contribution in [0.15, 0.2) is 72.8 Å². The first-order valence-corrected chi connectivity index (χ1v) is 7.60. The number of aromatic carboxylic acids is 1. The van der Waals surface area contributed by atoms with Gasteiger partial charge in [0.25, 0.3) is 0 Å². The summed E-state index contributed by atoms with van der Waals surface area (Å²) in [6.45, 7) is 0. The molecule has 3 rings (SSSR count). The van der Waals surface area contributed by atoms with Gasteiger partial charge in [-0.05, 0) is 36.4 Å². The number of carboxylic acids is 1. The fourth-order valence-corrected chi connectivity index (χ4v) is 2.09. The van der Waals surface area contributed by atoms with Crippen LogP contribution in [0.4, 0.5) is 22.7 Å². The topological polar surface area (TPSA) is 135 Å². The van der Waals surface area contributed by atoms with Gasteiger partial charge in [-0.25, -0.2) is 9.49 Å². The zero-order valence-electron chi connectivity index (χ0n) is 13.8. The van der Waals surface area contributed by atoms with Crippen molar-refractivity contribution >= 4 is 28.7 Å². The number of anilines is 2. The molecule has 0 radical (unpaired) electrons. The summed E-state index contributed by atoms with van der Waals surface area (Å²) in [5.74, 6) is -0.912. The first-order valence-electron chi connectivity index (χ1n) is 7.60. The third-order valence-electron chi connectivity index (χ3n) is 3.44. The maximum Gasteiger partial charge on any atom is 0.335 e. The van der Waals surface area contributed by atoms with Gasteiger partial charge in [-0.2, -0.15) is 0 Å². The number of nitrogens with zero attached hydrogens (tertiary/aromatic N) is 2. The Balaban J connectivity index is 0.000000209. The van der Waals surface area contributed by atoms with Gasteiger partial charge in [-0.3, -0.25) is 0 Å². The smallest absolute Gasteiger partial charge is 0.335 e. The number of hydrogen-bond acceptors (Lipinski definition) is 4. The van der Waals surface area contributed by atoms with Crippen molar-refractivity contribution in [2.75, 3.05) is 11.5 Å². The molecule has 3 aromatic rings. The van der Waals surface area contributed by atoms with Crippen molar-refractivity contribution in [3.8, 4) is 5.75 Å². The molecule has 0 spiro atoms. The van der Waals surface area contributed by atoms with E-state index in [1.165, 1.54) is 24.3 Å². The lowest BCUT2D eigenvalue weighted by Gasteiger charge is -2.09. The van der Waals surface area contributed by atoms with E-state index in [1.807, 2.05) is 0 Å². The predicted octanol–water partition coefficient (Wildman–Crippen LogP) is 3.80. The number of carbonyl (C=O) groups is 1. The minimum Gasteiger partial charge on any atom is -0.508 e. The van der Waals surface area contributed by atoms with Gasteiger partial charge in [-0.1, -0.05) is 24.3 Å². The van der Waals surface area contributed by atoms with Gasteiger partial charge in [0.05, 0.1) is 5.56 Å². The maximum atomic E-state index is 10.2. The Hall–Kier alpha value is -3.87. The van der Waals surface area contributed by atoms with E-state index >= 15 is 0 Å². The van der Waals surface area contributed by atoms with Crippen molar-refractivity contribution in [2.24, 2.45) is 0 Å². The Kier molecular flexibility index (Phi) is 5.89. The molecule has 0 saturated heterocycles. The Morgan fingerprint density at radius 3 is 1.62 bits per heavy atom. The third kappa shape index (κ3) is 4.57. The highest BCUT2D eigenvalue weighted by Crippen LogP contribution is 2.29. The number of aromatic hydroxyl groups is 1. The molecule has 0 bridgehead atoms. The van der Waals surface area contributed by atoms with Crippen LogP contribution in [-0.2, 0) is 0 Å². The molecule has 7 nitrogen and oxygen atoms in total. The predicted molar refractivity (Wildman–Crippen MR) is 102 cm³/mol. The van der Waals surface area contributed by atoms with E-state index in [0.717, 1.165) is 4.70 Å². The summed E-state index contributed by atoms with van der Waals surface area (Å²) in [5, 5.41) is 17.1. The third-order valence-corrected chi connectivity index (χ3v) is 3.44. The van der Waals surface area contributed by atoms with Crippen molar-refractivity contribution < 1.29 is 15.0 Å². The van der Waals surface area contributed by atoms with E-state index in [2.05, 4.69) is 0 Å². The van der Waals surface area contributed by atoms with Crippen LogP contribution in [0.5, 0.6) is 5.75 Å². The molecule has 0 fully saturated rings. The molecule has 0 aliphatic heterocycles. The minimum atomic E-state index is -0.986. The van der Waals surface area contributed by atoms with Crippen LogP contribution < -0.4 is 16.2 Å². The zero-order valence-corrected chi connectivity index (χ0v) is 13.8. The summed E-state index contributed by atoms with van der Waals surface area (Å²) in [6, 6.07) is 19.5. The quantitative estimate of drug-likeness (QED) is 0.324. The lowest BCUT2D eigenvalue weighted by molar-refractivity contribution is 0.0697. The van der Waals surface area contributed by atoms with Crippen LogP contribution in [0, 0.1) is 0 Å². The van der Waals surface area contributed by atoms with Gasteiger partial charge in [0.15, 0.2) is 0 Å². The molecule has 0 aromatic heterocycles. The van der Waals surface area contributed by atoms with Crippen LogP contribution in [0.1, 0.15) is 10.4 Å². The number of phenols is 1. The summed E-state index contributed by atoms with van der Waals surface area (Å²) >= 11 is 0. The molecule has 6 N–H and O–H groups in total. The van der Waals surface area contributed by atoms with Gasteiger partial charge in [0, 0.05) is 12.1 Å². The molecule has 0 aliphatic rings. The first kappa shape index (κ1) is 18.5. The molecular formula is C19H18N4O3. The van der Waals surface area contributed by atoms with Crippen molar-refractivity contribution in [1.82, 2.24) is 4.70 Å². The Morgan fingerprint density at radius 1 is 0.808 bits per heavy atom. The van der Waals surface area contributed by atoms with Crippen LogP contribution in [0.3, 0.4) is 0 Å². The summed E-state index contributed by atoms with van der Waals surface area (Å²) in [6.07, 6.45) is 0. The largest absolute Gasteiger partial charge is 0.508 e. The van der Waals surface area contributed by atoms with Crippen molar-refractivity contribution in [3.63, 3.8) is 0 Å². The first-order chi connectivity index (χ1) is 12.4. The van der Waals surface area contributed by atoms with E-state index in [-0.39, 0.29) is 11.3 Å². The lowest BCUT2D eigenvalue weighted by Crippen LogP contribution is -2.03. The second-order valence-corrected chi connectivity index (χ2v) is 5.28. The van der Waals surface area contributed by atoms with Gasteiger partial charge in [-0.15, -0.1) is 0 Å². The highest BCUT2D eigenvalue weighted by molar-refractivity contribution is 5.87. The molecule has 0 heterocycles. The highest BCUT2D eigenvalue weighted by Gasteiger charge is 2.12. The van der Waals surface area contributed by atoms with Gasteiger partial charge in [0.2, 0.25) is 11.4 Å². The summed E-state index contributed by atoms with van der Waals surface area (Å²) < 4.78 is 0.991. The van der Waals surface area contributed by atoms with Gasteiger partial charge in [0.1, 0.15) is 17.1 Å². The van der Waals surface area contributed by atoms with Crippen LogP contribution >= 0.6 is 0 Å². The Morgan fingerprint density at radius 2 is 1.23 bits per heavy atom. The number of phenolic OH excluding ortho intramolecular Hbond substituents is 1. The van der Waals surface area contributed by atoms with E-state index in [9.17, 15) is 10.3 Å². The Bertz CT molecular complexity index is 877. The number of nitrogen functional groups attached to an aromatic ring is 2. The van der Waals surface area contributed by atoms with Crippen molar-refractivity contribution in [3.05, 3.63) is 83.9 Å². The summed E-state index contributed by atoms with van der Waals surface area (Å²) in [7, 11) is 0. The highest BCUT2D eigenvalue weighted by atomic mass is 16.4. The number of rotatable bonds is 3. The average Bonchev–Trinajstić information content (AvgIpc) is 2.63. The minimum absolute atomic E-state index is 0.0741. The Labute approximate surface area is 150 Å². The van der Waals surface area contributed by atoms with Crippen LogP contribution in [-0.4, -0.2) is 16.2 Å². The van der Waals surface area contributed by atoms with E-state index in [1.54, 1.807) is 48.5 Å². The molecule has 0 saturated carbocycles.